The molecule has 0 saturated heterocycles. The third kappa shape index (κ3) is 4.68. The Hall–Kier alpha value is -1.66. The standard InChI is InChI=1S/C12H20N4O2/c1-12(18,8-16(2)3)7-15-10-5-4-9(6-14-10)11(13)17/h4-6,18H,7-8H2,1-3H3,(H2,13,17)(H,14,15). The number of hydrogen-bond donors (Lipinski definition) is 3. The van der Waals surface area contributed by atoms with E-state index in [0.717, 1.165) is 0 Å². The van der Waals surface area contributed by atoms with Crippen LogP contribution in [-0.2, 0) is 0 Å². The third-order valence-corrected chi connectivity index (χ3v) is 2.36. The fourth-order valence-corrected chi connectivity index (χ4v) is 1.66. The average molecular weight is 252 g/mol. The molecule has 18 heavy (non-hydrogen) atoms. The summed E-state index contributed by atoms with van der Waals surface area (Å²) < 4.78 is 0. The Kier molecular flexibility index (Phi) is 4.63. The summed E-state index contributed by atoms with van der Waals surface area (Å²) in [6.45, 7) is 2.66. The minimum Gasteiger partial charge on any atom is -0.387 e. The first-order valence-electron chi connectivity index (χ1n) is 5.67. The van der Waals surface area contributed by atoms with Gasteiger partial charge in [-0.25, -0.2) is 4.98 Å². The second-order valence-corrected chi connectivity index (χ2v) is 4.88. The summed E-state index contributed by atoms with van der Waals surface area (Å²) in [6.07, 6.45) is 1.41. The van der Waals surface area contributed by atoms with Crippen molar-refractivity contribution in [3.63, 3.8) is 0 Å². The van der Waals surface area contributed by atoms with Gasteiger partial charge in [-0.3, -0.25) is 4.79 Å². The van der Waals surface area contributed by atoms with Gasteiger partial charge in [-0.05, 0) is 33.2 Å². The first kappa shape index (κ1) is 14.4. The number of anilines is 1. The van der Waals surface area contributed by atoms with Gasteiger partial charge in [-0.1, -0.05) is 0 Å². The quantitative estimate of drug-likeness (QED) is 0.658. The molecule has 1 amide bonds. The minimum atomic E-state index is -0.854. The summed E-state index contributed by atoms with van der Waals surface area (Å²) >= 11 is 0. The summed E-state index contributed by atoms with van der Waals surface area (Å²) in [5, 5.41) is 13.1. The molecule has 1 atom stereocenters. The van der Waals surface area contributed by atoms with Crippen LogP contribution in [0.4, 0.5) is 5.82 Å². The lowest BCUT2D eigenvalue weighted by molar-refractivity contribution is 0.0459. The second kappa shape index (κ2) is 5.79. The molecule has 0 saturated carbocycles. The number of nitrogens with one attached hydrogen (secondary N) is 1. The zero-order valence-corrected chi connectivity index (χ0v) is 11.0. The largest absolute Gasteiger partial charge is 0.387 e. The molecule has 0 aliphatic rings. The minimum absolute atomic E-state index is 0.362. The van der Waals surface area contributed by atoms with Crippen molar-refractivity contribution in [2.45, 2.75) is 12.5 Å². The van der Waals surface area contributed by atoms with E-state index in [0.29, 0.717) is 24.5 Å². The Morgan fingerprint density at radius 3 is 2.67 bits per heavy atom. The van der Waals surface area contributed by atoms with Gasteiger partial charge in [0.25, 0.3) is 0 Å². The molecular formula is C12H20N4O2. The maximum Gasteiger partial charge on any atom is 0.250 e. The van der Waals surface area contributed by atoms with Crippen LogP contribution in [0.5, 0.6) is 0 Å². The molecule has 100 valence electrons. The van der Waals surface area contributed by atoms with E-state index in [1.165, 1.54) is 6.20 Å². The first-order valence-corrected chi connectivity index (χ1v) is 5.67. The van der Waals surface area contributed by atoms with Crippen molar-refractivity contribution in [1.82, 2.24) is 9.88 Å². The SMILES string of the molecule is CN(C)CC(C)(O)CNc1ccc(C(N)=O)cn1. The van der Waals surface area contributed by atoms with Gasteiger partial charge in [0.2, 0.25) is 5.91 Å². The summed E-state index contributed by atoms with van der Waals surface area (Å²) in [6, 6.07) is 3.25. The zero-order chi connectivity index (χ0) is 13.8. The van der Waals surface area contributed by atoms with E-state index in [9.17, 15) is 9.90 Å². The Bertz CT molecular complexity index is 401. The topological polar surface area (TPSA) is 91.5 Å². The van der Waals surface area contributed by atoms with Crippen LogP contribution in [0.25, 0.3) is 0 Å². The lowest BCUT2D eigenvalue weighted by Crippen LogP contribution is -2.43. The highest BCUT2D eigenvalue weighted by Crippen LogP contribution is 2.09. The van der Waals surface area contributed by atoms with Crippen LogP contribution >= 0.6 is 0 Å². The van der Waals surface area contributed by atoms with E-state index in [-0.39, 0.29) is 0 Å². The normalized spacial score (nSPS) is 14.3. The highest BCUT2D eigenvalue weighted by molar-refractivity contribution is 5.92. The average Bonchev–Trinajstić information content (AvgIpc) is 2.25. The molecule has 1 aromatic heterocycles. The van der Waals surface area contributed by atoms with Crippen molar-refractivity contribution in [2.24, 2.45) is 5.73 Å². The van der Waals surface area contributed by atoms with E-state index < -0.39 is 11.5 Å². The first-order chi connectivity index (χ1) is 8.30. The van der Waals surface area contributed by atoms with Gasteiger partial charge in [-0.15, -0.1) is 0 Å². The predicted octanol–water partition coefficient (Wildman–Crippen LogP) is -0.0950. The molecule has 6 nitrogen and oxygen atoms in total. The van der Waals surface area contributed by atoms with Gasteiger partial charge in [0.05, 0.1) is 11.2 Å². The number of hydrogen-bond acceptors (Lipinski definition) is 5. The summed E-state index contributed by atoms with van der Waals surface area (Å²) in [7, 11) is 3.79. The Morgan fingerprint density at radius 1 is 1.56 bits per heavy atom. The lowest BCUT2D eigenvalue weighted by Gasteiger charge is -2.27. The van der Waals surface area contributed by atoms with Crippen LogP contribution in [0.1, 0.15) is 17.3 Å². The van der Waals surface area contributed by atoms with Crippen LogP contribution in [0.15, 0.2) is 18.3 Å². The molecule has 0 spiro atoms. The fraction of sp³-hybridized carbons (Fsp3) is 0.500. The van der Waals surface area contributed by atoms with Crippen molar-refractivity contribution in [1.29, 1.82) is 0 Å². The molecule has 1 heterocycles. The third-order valence-electron chi connectivity index (χ3n) is 2.36. The summed E-state index contributed by atoms with van der Waals surface area (Å²) in [4.78, 5) is 16.8. The molecule has 0 aliphatic heterocycles. The Labute approximate surface area is 107 Å². The van der Waals surface area contributed by atoms with Crippen LogP contribution < -0.4 is 11.1 Å². The molecule has 1 rings (SSSR count). The summed E-state index contributed by atoms with van der Waals surface area (Å²) in [5.41, 5.74) is 4.63. The van der Waals surface area contributed by atoms with Crippen LogP contribution in [0, 0.1) is 0 Å². The number of carbonyl (C=O) groups excluding carboxylic acids is 1. The molecule has 0 radical (unpaired) electrons. The van der Waals surface area contributed by atoms with E-state index in [4.69, 9.17) is 5.73 Å². The Balaban J connectivity index is 2.55. The van der Waals surface area contributed by atoms with Crippen molar-refractivity contribution >= 4 is 11.7 Å². The number of aliphatic hydroxyl groups is 1. The number of nitrogens with two attached hydrogens (primary N) is 1. The molecular weight excluding hydrogens is 232 g/mol. The molecule has 1 aromatic rings. The zero-order valence-electron chi connectivity index (χ0n) is 11.0. The van der Waals surface area contributed by atoms with Crippen molar-refractivity contribution < 1.29 is 9.90 Å². The van der Waals surface area contributed by atoms with Gasteiger partial charge in [0, 0.05) is 19.3 Å². The number of amides is 1. The van der Waals surface area contributed by atoms with Gasteiger partial charge in [-0.2, -0.15) is 0 Å². The maximum absolute atomic E-state index is 10.9. The van der Waals surface area contributed by atoms with Gasteiger partial charge in [0.15, 0.2) is 0 Å². The molecule has 0 bridgehead atoms. The predicted molar refractivity (Wildman–Crippen MR) is 70.4 cm³/mol. The number of aromatic nitrogens is 1. The van der Waals surface area contributed by atoms with E-state index in [1.54, 1.807) is 19.1 Å². The lowest BCUT2D eigenvalue weighted by atomic mass is 10.1. The number of likely N-dealkylation sites (N-methyl/N-ethyl adjacent to an activating group) is 1. The van der Waals surface area contributed by atoms with Gasteiger partial charge < -0.3 is 21.1 Å². The van der Waals surface area contributed by atoms with Crippen LogP contribution in [-0.4, -0.2) is 53.7 Å². The molecule has 1 unspecified atom stereocenters. The van der Waals surface area contributed by atoms with Crippen LogP contribution in [0.2, 0.25) is 0 Å². The smallest absolute Gasteiger partial charge is 0.250 e. The number of carbonyl (C=O) groups is 1. The van der Waals surface area contributed by atoms with E-state index in [2.05, 4.69) is 10.3 Å². The van der Waals surface area contributed by atoms with Crippen molar-refractivity contribution in [3.8, 4) is 0 Å². The highest BCUT2D eigenvalue weighted by atomic mass is 16.3. The van der Waals surface area contributed by atoms with Crippen molar-refractivity contribution in [3.05, 3.63) is 23.9 Å². The van der Waals surface area contributed by atoms with Crippen LogP contribution in [0.3, 0.4) is 0 Å². The number of pyridine rings is 1. The number of primary amides is 1. The van der Waals surface area contributed by atoms with Crippen molar-refractivity contribution in [2.75, 3.05) is 32.5 Å². The molecule has 0 aromatic carbocycles. The second-order valence-electron chi connectivity index (χ2n) is 4.88. The number of rotatable bonds is 6. The maximum atomic E-state index is 10.9. The monoisotopic (exact) mass is 252 g/mol. The Morgan fingerprint density at radius 2 is 2.22 bits per heavy atom. The van der Waals surface area contributed by atoms with Gasteiger partial charge >= 0.3 is 0 Å². The fourth-order valence-electron chi connectivity index (χ4n) is 1.66. The molecule has 4 N–H and O–H groups in total. The van der Waals surface area contributed by atoms with E-state index >= 15 is 0 Å². The molecule has 6 heteroatoms. The van der Waals surface area contributed by atoms with E-state index in [1.807, 2.05) is 19.0 Å². The molecule has 0 fully saturated rings. The summed E-state index contributed by atoms with van der Waals surface area (Å²) in [5.74, 6) is 0.0904. The molecule has 0 aliphatic carbocycles. The van der Waals surface area contributed by atoms with Gasteiger partial charge in [0.1, 0.15) is 5.82 Å². The number of nitrogens with zero attached hydrogens (tertiary/aromatic N) is 2. The highest BCUT2D eigenvalue weighted by Gasteiger charge is 2.21.